The molecule has 30 heavy (non-hydrogen) atoms. The molecule has 160 valence electrons. The fourth-order valence-corrected chi connectivity index (χ4v) is 4.25. The average Bonchev–Trinajstić information content (AvgIpc) is 2.84. The predicted octanol–water partition coefficient (Wildman–Crippen LogP) is -0.196. The Morgan fingerprint density at radius 2 is 2.07 bits per heavy atom. The van der Waals surface area contributed by atoms with E-state index in [1.54, 1.807) is 12.1 Å². The molecule has 0 aromatic heterocycles. The van der Waals surface area contributed by atoms with Crippen molar-refractivity contribution < 1.29 is 23.9 Å². The first-order valence-electron chi connectivity index (χ1n) is 10.2. The lowest BCUT2D eigenvalue weighted by molar-refractivity contribution is -0.136. The molecule has 4 rings (SSSR count). The molecule has 0 saturated carbocycles. The number of rotatable bonds is 5. The Morgan fingerprint density at radius 1 is 1.23 bits per heavy atom. The number of amides is 4. The van der Waals surface area contributed by atoms with Crippen LogP contribution in [0.3, 0.4) is 0 Å². The summed E-state index contributed by atoms with van der Waals surface area (Å²) in [5, 5.41) is 8.96. The number of benzene rings is 1. The number of imide groups is 2. The van der Waals surface area contributed by atoms with E-state index in [1.165, 1.54) is 0 Å². The van der Waals surface area contributed by atoms with E-state index in [2.05, 4.69) is 22.9 Å². The Kier molecular flexibility index (Phi) is 5.68. The Bertz CT molecular complexity index is 891. The smallest absolute Gasteiger partial charge is 0.262 e. The second-order valence-corrected chi connectivity index (χ2v) is 8.43. The third-order valence-electron chi connectivity index (χ3n) is 5.85. The van der Waals surface area contributed by atoms with Crippen LogP contribution in [-0.4, -0.2) is 67.4 Å². The highest BCUT2D eigenvalue weighted by molar-refractivity contribution is 6.24. The van der Waals surface area contributed by atoms with Gasteiger partial charge in [0.1, 0.15) is 6.04 Å². The number of nitrogens with one attached hydrogen (secondary N) is 3. The van der Waals surface area contributed by atoms with Crippen LogP contribution in [0.2, 0.25) is 0 Å². The Labute approximate surface area is 174 Å². The molecule has 0 radical (unpaired) electrons. The van der Waals surface area contributed by atoms with Crippen molar-refractivity contribution in [3.63, 3.8) is 0 Å². The van der Waals surface area contributed by atoms with Crippen LogP contribution in [0.4, 0.5) is 0 Å². The van der Waals surface area contributed by atoms with Gasteiger partial charge in [0.15, 0.2) is 0 Å². The van der Waals surface area contributed by atoms with Crippen molar-refractivity contribution in [2.75, 3.05) is 32.8 Å². The minimum absolute atomic E-state index is 0.0763. The van der Waals surface area contributed by atoms with Crippen LogP contribution in [0.25, 0.3) is 0 Å². The molecule has 9 nitrogen and oxygen atoms in total. The van der Waals surface area contributed by atoms with Crippen molar-refractivity contribution in [3.8, 4) is 0 Å². The van der Waals surface area contributed by atoms with Gasteiger partial charge >= 0.3 is 0 Å². The first-order chi connectivity index (χ1) is 14.4. The van der Waals surface area contributed by atoms with Crippen LogP contribution in [0.5, 0.6) is 0 Å². The number of carbonyl (C=O) groups excluding carboxylic acids is 4. The Morgan fingerprint density at radius 3 is 2.87 bits per heavy atom. The van der Waals surface area contributed by atoms with Crippen molar-refractivity contribution >= 4 is 23.6 Å². The second kappa shape index (κ2) is 8.25. The van der Waals surface area contributed by atoms with Gasteiger partial charge in [-0.1, -0.05) is 19.1 Å². The van der Waals surface area contributed by atoms with E-state index in [1.807, 2.05) is 6.07 Å². The number of carbonyl (C=O) groups is 4. The van der Waals surface area contributed by atoms with Crippen LogP contribution < -0.4 is 16.0 Å². The molecule has 2 atom stereocenters. The Balaban J connectivity index is 1.49. The lowest BCUT2D eigenvalue weighted by atomic mass is 9.91. The van der Waals surface area contributed by atoms with Crippen LogP contribution >= 0.6 is 0 Å². The van der Waals surface area contributed by atoms with E-state index >= 15 is 0 Å². The zero-order valence-corrected chi connectivity index (χ0v) is 17.0. The quantitative estimate of drug-likeness (QED) is 0.572. The van der Waals surface area contributed by atoms with E-state index in [0.717, 1.165) is 18.0 Å². The lowest BCUT2D eigenvalue weighted by Crippen LogP contribution is -2.54. The zero-order chi connectivity index (χ0) is 21.3. The molecular formula is C21H26N4O5. The number of nitrogens with zero attached hydrogens (tertiary/aromatic N) is 1. The molecule has 2 unspecified atom stereocenters. The van der Waals surface area contributed by atoms with Crippen molar-refractivity contribution in [1.82, 2.24) is 20.9 Å². The Hall–Kier alpha value is -2.62. The minimum atomic E-state index is -0.955. The maximum Gasteiger partial charge on any atom is 0.262 e. The van der Waals surface area contributed by atoms with E-state index in [4.69, 9.17) is 4.74 Å². The number of hydrogen-bond acceptors (Lipinski definition) is 7. The van der Waals surface area contributed by atoms with Gasteiger partial charge in [-0.15, -0.1) is 0 Å². The van der Waals surface area contributed by atoms with Gasteiger partial charge in [0, 0.05) is 38.0 Å². The summed E-state index contributed by atoms with van der Waals surface area (Å²) in [6.07, 6.45) is 0.252. The van der Waals surface area contributed by atoms with E-state index < -0.39 is 23.8 Å². The van der Waals surface area contributed by atoms with E-state index in [0.29, 0.717) is 43.0 Å². The molecule has 0 spiro atoms. The van der Waals surface area contributed by atoms with Crippen LogP contribution in [0, 0.1) is 5.41 Å². The van der Waals surface area contributed by atoms with Crippen molar-refractivity contribution in [3.05, 3.63) is 34.9 Å². The van der Waals surface area contributed by atoms with Gasteiger partial charge in [-0.3, -0.25) is 29.4 Å². The first-order valence-corrected chi connectivity index (χ1v) is 10.2. The number of piperidine rings is 1. The first kappa shape index (κ1) is 20.6. The molecule has 3 aliphatic rings. The van der Waals surface area contributed by atoms with E-state index in [-0.39, 0.29) is 24.2 Å². The summed E-state index contributed by atoms with van der Waals surface area (Å²) in [7, 11) is 0. The molecule has 2 fully saturated rings. The molecule has 3 heterocycles. The molecule has 4 amide bonds. The summed E-state index contributed by atoms with van der Waals surface area (Å²) in [6.45, 7) is 6.22. The van der Waals surface area contributed by atoms with Gasteiger partial charge in [-0.05, 0) is 18.1 Å². The van der Waals surface area contributed by atoms with Gasteiger partial charge in [0.25, 0.3) is 11.8 Å². The second-order valence-electron chi connectivity index (χ2n) is 8.43. The molecule has 0 aliphatic carbocycles. The molecular weight excluding hydrogens is 388 g/mol. The van der Waals surface area contributed by atoms with Gasteiger partial charge in [0.2, 0.25) is 11.8 Å². The summed E-state index contributed by atoms with van der Waals surface area (Å²) in [6, 6.07) is 4.21. The molecule has 3 aliphatic heterocycles. The molecule has 0 bridgehead atoms. The molecule has 1 aromatic rings. The van der Waals surface area contributed by atoms with Crippen LogP contribution in [0.1, 0.15) is 46.0 Å². The monoisotopic (exact) mass is 414 g/mol. The highest BCUT2D eigenvalue weighted by Crippen LogP contribution is 2.30. The normalized spacial score (nSPS) is 27.1. The average molecular weight is 414 g/mol. The third kappa shape index (κ3) is 3.88. The fourth-order valence-electron chi connectivity index (χ4n) is 4.25. The fraction of sp³-hybridized carbons (Fsp3) is 0.524. The predicted molar refractivity (Wildman–Crippen MR) is 107 cm³/mol. The highest BCUT2D eigenvalue weighted by Gasteiger charge is 2.45. The maximum absolute atomic E-state index is 13.1. The molecule has 9 heteroatoms. The minimum Gasteiger partial charge on any atom is -0.379 e. The lowest BCUT2D eigenvalue weighted by Gasteiger charge is -2.28. The largest absolute Gasteiger partial charge is 0.379 e. The summed E-state index contributed by atoms with van der Waals surface area (Å²) < 4.78 is 5.65. The van der Waals surface area contributed by atoms with Gasteiger partial charge in [-0.25, -0.2) is 0 Å². The van der Waals surface area contributed by atoms with Gasteiger partial charge < -0.3 is 15.4 Å². The summed E-state index contributed by atoms with van der Waals surface area (Å²) in [4.78, 5) is 50.6. The number of hydrogen-bond donors (Lipinski definition) is 3. The van der Waals surface area contributed by atoms with Crippen LogP contribution in [-0.2, 0) is 20.9 Å². The topological polar surface area (TPSA) is 117 Å². The van der Waals surface area contributed by atoms with Gasteiger partial charge in [0.05, 0.1) is 24.3 Å². The van der Waals surface area contributed by atoms with Crippen molar-refractivity contribution in [1.29, 1.82) is 0 Å². The number of fused-ring (bicyclic) bond motifs is 1. The van der Waals surface area contributed by atoms with E-state index in [9.17, 15) is 19.2 Å². The third-order valence-corrected chi connectivity index (χ3v) is 5.85. The number of ether oxygens (including phenoxy) is 1. The summed E-state index contributed by atoms with van der Waals surface area (Å²) >= 11 is 0. The summed E-state index contributed by atoms with van der Waals surface area (Å²) in [5.74, 6) is -1.95. The molecule has 3 N–H and O–H groups in total. The highest BCUT2D eigenvalue weighted by atomic mass is 16.5. The maximum atomic E-state index is 13.1. The summed E-state index contributed by atoms with van der Waals surface area (Å²) in [5.41, 5.74) is 1.27. The SMILES string of the molecule is CC1(CNCc2cccc3c2C(=O)N(C2CCC(=O)NC2=O)C3=O)CNCCOC1. The molecule has 2 saturated heterocycles. The van der Waals surface area contributed by atoms with Crippen molar-refractivity contribution in [2.24, 2.45) is 5.41 Å². The van der Waals surface area contributed by atoms with Crippen LogP contribution in [0.15, 0.2) is 18.2 Å². The van der Waals surface area contributed by atoms with Crippen molar-refractivity contribution in [2.45, 2.75) is 32.4 Å². The van der Waals surface area contributed by atoms with Gasteiger partial charge in [-0.2, -0.15) is 0 Å². The standard InChI is InChI=1S/C21H26N4O5/c1-21(10-22-7-8-30-12-21)11-23-9-13-3-2-4-14-17(13)20(29)25(19(14)28)15-5-6-16(26)24-18(15)27/h2-4,15,22-23H,5-12H2,1H3,(H,24,26,27). The zero-order valence-electron chi connectivity index (χ0n) is 17.0. The molecule has 1 aromatic carbocycles.